The molecule has 1 fully saturated rings. The summed E-state index contributed by atoms with van der Waals surface area (Å²) in [5.41, 5.74) is 11.8. The zero-order valence-electron chi connectivity index (χ0n) is 17.9. The summed E-state index contributed by atoms with van der Waals surface area (Å²) in [7, 11) is 2.17. The number of benzene rings is 2. The normalized spacial score (nSPS) is 15.1. The van der Waals surface area contributed by atoms with Crippen LogP contribution in [0.5, 0.6) is 0 Å². The van der Waals surface area contributed by atoms with Crippen molar-refractivity contribution in [3.8, 4) is 0 Å². The first-order chi connectivity index (χ1) is 14.0. The largest absolute Gasteiger partial charge is 0.398 e. The molecule has 5 heteroatoms. The Morgan fingerprint density at radius 3 is 2.34 bits per heavy atom. The molecule has 3 N–H and O–H groups in total. The van der Waals surface area contributed by atoms with Gasteiger partial charge >= 0.3 is 0 Å². The highest BCUT2D eigenvalue weighted by atomic mass is 15.3. The third kappa shape index (κ3) is 4.98. The van der Waals surface area contributed by atoms with Crippen molar-refractivity contribution in [1.82, 2.24) is 4.90 Å². The van der Waals surface area contributed by atoms with Gasteiger partial charge in [0.15, 0.2) is 0 Å². The Labute approximate surface area is 174 Å². The molecule has 0 unspecified atom stereocenters. The average Bonchev–Trinajstić information content (AvgIpc) is 2.75. The molecular weight excluding hydrogens is 358 g/mol. The number of rotatable bonds is 7. The first-order valence-electron chi connectivity index (χ1n) is 10.5. The van der Waals surface area contributed by atoms with Crippen molar-refractivity contribution >= 4 is 28.8 Å². The first kappa shape index (κ1) is 20.9. The van der Waals surface area contributed by atoms with Gasteiger partial charge in [0, 0.05) is 50.5 Å². The van der Waals surface area contributed by atoms with Gasteiger partial charge in [-0.15, -0.1) is 0 Å². The summed E-state index contributed by atoms with van der Waals surface area (Å²) in [6, 6.07) is 14.2. The Morgan fingerprint density at radius 1 is 1.07 bits per heavy atom. The van der Waals surface area contributed by atoms with Crippen LogP contribution in [0.4, 0.5) is 17.1 Å². The van der Waals surface area contributed by atoms with Crippen LogP contribution < -0.4 is 15.5 Å². The van der Waals surface area contributed by atoms with Gasteiger partial charge in [-0.1, -0.05) is 36.4 Å². The van der Waals surface area contributed by atoms with Crippen LogP contribution in [0.25, 0.3) is 6.08 Å². The number of allylic oxidation sites excluding steroid dienone is 1. The molecule has 0 saturated carbocycles. The van der Waals surface area contributed by atoms with Crippen molar-refractivity contribution in [2.45, 2.75) is 13.8 Å². The third-order valence-corrected chi connectivity index (χ3v) is 5.63. The number of anilines is 3. The van der Waals surface area contributed by atoms with E-state index in [1.165, 1.54) is 11.4 Å². The van der Waals surface area contributed by atoms with E-state index in [-0.39, 0.29) is 0 Å². The van der Waals surface area contributed by atoms with E-state index in [4.69, 9.17) is 11.1 Å². The molecule has 1 heterocycles. The molecule has 5 nitrogen and oxygen atoms in total. The number of nitrogens with two attached hydrogens (primary N) is 1. The third-order valence-electron chi connectivity index (χ3n) is 5.63. The molecule has 154 valence electrons. The molecule has 0 amide bonds. The van der Waals surface area contributed by atoms with Crippen LogP contribution in [0, 0.1) is 5.41 Å². The fourth-order valence-electron chi connectivity index (χ4n) is 3.78. The summed E-state index contributed by atoms with van der Waals surface area (Å²) in [6.45, 7) is 10.3. The molecule has 0 aromatic heterocycles. The zero-order valence-corrected chi connectivity index (χ0v) is 17.9. The monoisotopic (exact) mass is 391 g/mol. The molecule has 0 spiro atoms. The molecule has 1 aliphatic heterocycles. The van der Waals surface area contributed by atoms with Crippen LogP contribution in [-0.4, -0.2) is 56.9 Å². The van der Waals surface area contributed by atoms with Gasteiger partial charge in [-0.3, -0.25) is 0 Å². The minimum absolute atomic E-state index is 0.435. The van der Waals surface area contributed by atoms with Gasteiger partial charge in [0.05, 0.1) is 17.1 Å². The SMILES string of the molecule is CCN(CC)c1cc(C(=N)/C=C/c2ccccc2)c(N)cc1N1CCN(C)CC1. The number of likely N-dealkylation sites (N-methyl/N-ethyl adjacent to an activating group) is 1. The number of piperazine rings is 1. The maximum atomic E-state index is 8.61. The predicted molar refractivity (Wildman–Crippen MR) is 126 cm³/mol. The molecular formula is C24H33N5. The van der Waals surface area contributed by atoms with E-state index in [1.807, 2.05) is 42.5 Å². The summed E-state index contributed by atoms with van der Waals surface area (Å²) in [4.78, 5) is 7.14. The summed E-state index contributed by atoms with van der Waals surface area (Å²) in [5.74, 6) is 0. The predicted octanol–water partition coefficient (Wildman–Crippen LogP) is 3.95. The molecule has 3 rings (SSSR count). The highest BCUT2D eigenvalue weighted by molar-refractivity contribution is 6.13. The maximum Gasteiger partial charge on any atom is 0.0633 e. The summed E-state index contributed by atoms with van der Waals surface area (Å²) < 4.78 is 0. The molecule has 0 radical (unpaired) electrons. The second kappa shape index (κ2) is 9.61. The van der Waals surface area contributed by atoms with Crippen LogP contribution in [0.1, 0.15) is 25.0 Å². The van der Waals surface area contributed by atoms with Crippen molar-refractivity contribution in [2.24, 2.45) is 0 Å². The highest BCUT2D eigenvalue weighted by Crippen LogP contribution is 2.35. The zero-order chi connectivity index (χ0) is 20.8. The van der Waals surface area contributed by atoms with Crippen molar-refractivity contribution in [1.29, 1.82) is 5.41 Å². The second-order valence-electron chi connectivity index (χ2n) is 7.55. The Balaban J connectivity index is 1.95. The van der Waals surface area contributed by atoms with E-state index in [0.29, 0.717) is 11.4 Å². The van der Waals surface area contributed by atoms with Crippen LogP contribution >= 0.6 is 0 Å². The van der Waals surface area contributed by atoms with E-state index in [2.05, 4.69) is 47.7 Å². The fourth-order valence-corrected chi connectivity index (χ4v) is 3.78. The van der Waals surface area contributed by atoms with Crippen LogP contribution in [0.3, 0.4) is 0 Å². The Hall–Kier alpha value is -2.79. The maximum absolute atomic E-state index is 8.61. The smallest absolute Gasteiger partial charge is 0.0633 e. The molecule has 1 saturated heterocycles. The Bertz CT molecular complexity index is 847. The van der Waals surface area contributed by atoms with Gasteiger partial charge in [0.2, 0.25) is 0 Å². The molecule has 2 aromatic carbocycles. The lowest BCUT2D eigenvalue weighted by molar-refractivity contribution is 0.313. The number of hydrogen-bond donors (Lipinski definition) is 2. The van der Waals surface area contributed by atoms with Crippen molar-refractivity contribution in [3.05, 3.63) is 59.7 Å². The van der Waals surface area contributed by atoms with Crippen LogP contribution in [0.15, 0.2) is 48.5 Å². The number of hydrogen-bond acceptors (Lipinski definition) is 5. The molecule has 0 bridgehead atoms. The summed E-state index contributed by atoms with van der Waals surface area (Å²) >= 11 is 0. The lowest BCUT2D eigenvalue weighted by atomic mass is 10.0. The van der Waals surface area contributed by atoms with Gasteiger partial charge in [0.1, 0.15) is 0 Å². The number of nitrogen functional groups attached to an aromatic ring is 1. The lowest BCUT2D eigenvalue weighted by Gasteiger charge is -2.37. The van der Waals surface area contributed by atoms with E-state index >= 15 is 0 Å². The van der Waals surface area contributed by atoms with Crippen molar-refractivity contribution < 1.29 is 0 Å². The van der Waals surface area contributed by atoms with Crippen LogP contribution in [-0.2, 0) is 0 Å². The fraction of sp³-hybridized carbons (Fsp3) is 0.375. The van der Waals surface area contributed by atoms with Gasteiger partial charge < -0.3 is 25.8 Å². The van der Waals surface area contributed by atoms with E-state index in [1.54, 1.807) is 0 Å². The molecule has 0 atom stereocenters. The standard InChI is InChI=1S/C24H33N5/c1-4-28(5-2)23-17-20(21(25)12-11-19-9-7-6-8-10-19)22(26)18-24(23)29-15-13-27(3)14-16-29/h6-12,17-18,25H,4-5,13-16,26H2,1-3H3/b12-11+,25-21?. The Morgan fingerprint density at radius 2 is 1.72 bits per heavy atom. The van der Waals surface area contributed by atoms with Gasteiger partial charge in [-0.25, -0.2) is 0 Å². The Kier molecular flexibility index (Phi) is 6.94. The van der Waals surface area contributed by atoms with E-state index < -0.39 is 0 Å². The summed E-state index contributed by atoms with van der Waals surface area (Å²) in [5, 5.41) is 8.61. The van der Waals surface area contributed by atoms with Crippen molar-refractivity contribution in [3.63, 3.8) is 0 Å². The van der Waals surface area contributed by atoms with E-state index in [9.17, 15) is 0 Å². The van der Waals surface area contributed by atoms with E-state index in [0.717, 1.165) is 50.4 Å². The highest BCUT2D eigenvalue weighted by Gasteiger charge is 2.21. The number of nitrogens with zero attached hydrogens (tertiary/aromatic N) is 3. The van der Waals surface area contributed by atoms with Crippen LogP contribution in [0.2, 0.25) is 0 Å². The average molecular weight is 392 g/mol. The summed E-state index contributed by atoms with van der Waals surface area (Å²) in [6.07, 6.45) is 3.80. The molecule has 2 aromatic rings. The van der Waals surface area contributed by atoms with Crippen molar-refractivity contribution in [2.75, 3.05) is 61.8 Å². The minimum atomic E-state index is 0.435. The number of nitrogens with one attached hydrogen (secondary N) is 1. The van der Waals surface area contributed by atoms with Gasteiger partial charge in [-0.05, 0) is 44.7 Å². The minimum Gasteiger partial charge on any atom is -0.398 e. The lowest BCUT2D eigenvalue weighted by Crippen LogP contribution is -2.45. The van der Waals surface area contributed by atoms with Gasteiger partial charge in [-0.2, -0.15) is 0 Å². The molecule has 0 aliphatic carbocycles. The molecule has 1 aliphatic rings. The first-order valence-corrected chi connectivity index (χ1v) is 10.5. The van der Waals surface area contributed by atoms with Gasteiger partial charge in [0.25, 0.3) is 0 Å². The quantitative estimate of drug-likeness (QED) is 0.554. The topological polar surface area (TPSA) is 59.6 Å². The molecule has 29 heavy (non-hydrogen) atoms. The second-order valence-corrected chi connectivity index (χ2v) is 7.55.